The van der Waals surface area contributed by atoms with Gasteiger partial charge < -0.3 is 10.3 Å². The van der Waals surface area contributed by atoms with Crippen LogP contribution in [-0.2, 0) is 0 Å². The molecule has 1 saturated carbocycles. The van der Waals surface area contributed by atoms with Crippen LogP contribution < -0.4 is 5.73 Å². The number of nitrogen functional groups attached to an aromatic ring is 1. The lowest BCUT2D eigenvalue weighted by atomic mass is 9.99. The first-order chi connectivity index (χ1) is 8.66. The van der Waals surface area contributed by atoms with Gasteiger partial charge in [-0.15, -0.1) is 0 Å². The first-order valence-electron chi connectivity index (χ1n) is 6.91. The maximum atomic E-state index is 6.12. The third kappa shape index (κ3) is 1.78. The minimum atomic E-state index is 0.459. The minimum absolute atomic E-state index is 0.459. The van der Waals surface area contributed by atoms with Gasteiger partial charge >= 0.3 is 0 Å². The summed E-state index contributed by atoms with van der Waals surface area (Å²) >= 11 is 0. The molecule has 0 radical (unpaired) electrons. The van der Waals surface area contributed by atoms with Gasteiger partial charge in [0.1, 0.15) is 0 Å². The van der Waals surface area contributed by atoms with Crippen LogP contribution in [0.25, 0.3) is 11.0 Å². The Balaban J connectivity index is 2.07. The second kappa shape index (κ2) is 4.30. The van der Waals surface area contributed by atoms with E-state index >= 15 is 0 Å². The Hall–Kier alpha value is -1.51. The van der Waals surface area contributed by atoms with Gasteiger partial charge in [-0.05, 0) is 50.3 Å². The Labute approximate surface area is 108 Å². The van der Waals surface area contributed by atoms with Crippen LogP contribution in [0.1, 0.15) is 44.2 Å². The number of imidazole rings is 1. The van der Waals surface area contributed by atoms with E-state index in [0.29, 0.717) is 12.0 Å². The second-order valence-electron chi connectivity index (χ2n) is 5.62. The number of fused-ring (bicyclic) bond motifs is 1. The zero-order valence-electron chi connectivity index (χ0n) is 11.2. The molecular weight excluding hydrogens is 222 g/mol. The van der Waals surface area contributed by atoms with E-state index in [9.17, 15) is 0 Å². The zero-order chi connectivity index (χ0) is 12.7. The molecule has 1 fully saturated rings. The van der Waals surface area contributed by atoms with Gasteiger partial charge in [0.25, 0.3) is 0 Å². The molecule has 1 aliphatic carbocycles. The van der Waals surface area contributed by atoms with Crippen molar-refractivity contribution in [2.75, 3.05) is 5.73 Å². The van der Waals surface area contributed by atoms with E-state index in [0.717, 1.165) is 11.4 Å². The summed E-state index contributed by atoms with van der Waals surface area (Å²) in [5.41, 5.74) is 9.56. The van der Waals surface area contributed by atoms with Crippen molar-refractivity contribution in [1.82, 2.24) is 9.55 Å². The van der Waals surface area contributed by atoms with Crippen LogP contribution in [0.2, 0.25) is 0 Å². The fourth-order valence-electron chi connectivity index (χ4n) is 3.31. The van der Waals surface area contributed by atoms with E-state index in [-0.39, 0.29) is 0 Å². The molecule has 1 aromatic carbocycles. The van der Waals surface area contributed by atoms with Crippen molar-refractivity contribution < 1.29 is 0 Å². The largest absolute Gasteiger partial charge is 0.369 e. The lowest BCUT2D eigenvalue weighted by molar-refractivity contribution is 0.371. The summed E-state index contributed by atoms with van der Waals surface area (Å²) < 4.78 is 2.23. The topological polar surface area (TPSA) is 43.8 Å². The minimum Gasteiger partial charge on any atom is -0.369 e. The van der Waals surface area contributed by atoms with Crippen molar-refractivity contribution in [3.05, 3.63) is 23.8 Å². The quantitative estimate of drug-likeness (QED) is 0.874. The zero-order valence-corrected chi connectivity index (χ0v) is 11.2. The summed E-state index contributed by atoms with van der Waals surface area (Å²) in [6.07, 6.45) is 5.37. The van der Waals surface area contributed by atoms with Gasteiger partial charge in [-0.1, -0.05) is 18.9 Å². The van der Waals surface area contributed by atoms with E-state index in [1.165, 1.54) is 36.8 Å². The van der Waals surface area contributed by atoms with Crippen LogP contribution in [0.15, 0.2) is 18.2 Å². The van der Waals surface area contributed by atoms with Crippen molar-refractivity contribution in [3.8, 4) is 0 Å². The normalized spacial score (nSPS) is 18.6. The van der Waals surface area contributed by atoms with Crippen LogP contribution in [0.3, 0.4) is 0 Å². The Kier molecular flexibility index (Phi) is 2.77. The Morgan fingerprint density at radius 2 is 2.06 bits per heavy atom. The summed E-state index contributed by atoms with van der Waals surface area (Å²) in [5, 5.41) is 0. The molecule has 2 aromatic rings. The molecule has 1 unspecified atom stereocenters. The molecule has 0 bridgehead atoms. The van der Waals surface area contributed by atoms with Crippen LogP contribution in [-0.4, -0.2) is 9.55 Å². The third-order valence-corrected chi connectivity index (χ3v) is 4.36. The van der Waals surface area contributed by atoms with E-state index in [2.05, 4.69) is 41.6 Å². The highest BCUT2D eigenvalue weighted by molar-refractivity contribution is 5.79. The van der Waals surface area contributed by atoms with Gasteiger partial charge in [0.05, 0.1) is 11.0 Å². The van der Waals surface area contributed by atoms with Gasteiger partial charge in [0.2, 0.25) is 5.95 Å². The lowest BCUT2D eigenvalue weighted by Gasteiger charge is -2.22. The molecule has 1 heterocycles. The van der Waals surface area contributed by atoms with E-state index < -0.39 is 0 Å². The fourth-order valence-corrected chi connectivity index (χ4v) is 3.31. The molecule has 0 spiro atoms. The highest BCUT2D eigenvalue weighted by atomic mass is 15.2. The van der Waals surface area contributed by atoms with Crippen LogP contribution in [0.5, 0.6) is 0 Å². The number of hydrogen-bond acceptors (Lipinski definition) is 2. The number of rotatable bonds is 2. The molecule has 0 amide bonds. The van der Waals surface area contributed by atoms with Gasteiger partial charge in [-0.2, -0.15) is 0 Å². The number of aryl methyl sites for hydroxylation is 1. The average Bonchev–Trinajstić information content (AvgIpc) is 2.94. The van der Waals surface area contributed by atoms with Crippen molar-refractivity contribution >= 4 is 17.0 Å². The number of benzene rings is 1. The van der Waals surface area contributed by atoms with E-state index in [1.807, 2.05) is 0 Å². The Morgan fingerprint density at radius 1 is 1.33 bits per heavy atom. The van der Waals surface area contributed by atoms with Gasteiger partial charge in [0.15, 0.2) is 0 Å². The second-order valence-corrected chi connectivity index (χ2v) is 5.62. The third-order valence-electron chi connectivity index (χ3n) is 4.36. The molecule has 1 aromatic heterocycles. The highest BCUT2D eigenvalue weighted by Gasteiger charge is 2.25. The molecule has 2 N–H and O–H groups in total. The van der Waals surface area contributed by atoms with Crippen molar-refractivity contribution in [3.63, 3.8) is 0 Å². The van der Waals surface area contributed by atoms with Crippen molar-refractivity contribution in [2.24, 2.45) is 5.92 Å². The van der Waals surface area contributed by atoms with Crippen molar-refractivity contribution in [2.45, 2.75) is 45.6 Å². The summed E-state index contributed by atoms with van der Waals surface area (Å²) in [4.78, 5) is 4.51. The predicted octanol–water partition coefficient (Wildman–Crippen LogP) is 3.68. The SMILES string of the molecule is Cc1ccc2c(c1)nc(N)n2C(C)C1CCCC1. The van der Waals surface area contributed by atoms with Gasteiger partial charge in [-0.3, -0.25) is 0 Å². The van der Waals surface area contributed by atoms with E-state index in [4.69, 9.17) is 5.73 Å². The standard InChI is InChI=1S/C15H21N3/c1-10-7-8-14-13(9-10)17-15(16)18(14)11(2)12-5-3-4-6-12/h7-9,11-12H,3-6H2,1-2H3,(H2,16,17). The number of nitrogens with zero attached hydrogens (tertiary/aromatic N) is 2. The summed E-state index contributed by atoms with van der Waals surface area (Å²) in [7, 11) is 0. The summed E-state index contributed by atoms with van der Waals surface area (Å²) in [6.45, 7) is 4.38. The highest BCUT2D eigenvalue weighted by Crippen LogP contribution is 2.36. The molecular formula is C15H21N3. The number of nitrogens with two attached hydrogens (primary N) is 1. The predicted molar refractivity (Wildman–Crippen MR) is 75.6 cm³/mol. The van der Waals surface area contributed by atoms with Gasteiger partial charge in [0, 0.05) is 6.04 Å². The Bertz CT molecular complexity index is 564. The maximum Gasteiger partial charge on any atom is 0.201 e. The number of hydrogen-bond donors (Lipinski definition) is 1. The van der Waals surface area contributed by atoms with Crippen LogP contribution in [0, 0.1) is 12.8 Å². The molecule has 3 rings (SSSR count). The first kappa shape index (κ1) is 11.6. The molecule has 3 heteroatoms. The molecule has 0 aliphatic heterocycles. The monoisotopic (exact) mass is 243 g/mol. The van der Waals surface area contributed by atoms with Crippen molar-refractivity contribution in [1.29, 1.82) is 0 Å². The smallest absolute Gasteiger partial charge is 0.201 e. The molecule has 18 heavy (non-hydrogen) atoms. The molecule has 1 atom stereocenters. The van der Waals surface area contributed by atoms with Crippen LogP contribution in [0.4, 0.5) is 5.95 Å². The Morgan fingerprint density at radius 3 is 2.78 bits per heavy atom. The summed E-state index contributed by atoms with van der Waals surface area (Å²) in [5.74, 6) is 1.42. The lowest BCUT2D eigenvalue weighted by Crippen LogP contribution is -2.16. The number of aromatic nitrogens is 2. The molecule has 1 aliphatic rings. The van der Waals surface area contributed by atoms with E-state index in [1.54, 1.807) is 0 Å². The fraction of sp³-hybridized carbons (Fsp3) is 0.533. The van der Waals surface area contributed by atoms with Gasteiger partial charge in [-0.25, -0.2) is 4.98 Å². The maximum absolute atomic E-state index is 6.12. The molecule has 96 valence electrons. The van der Waals surface area contributed by atoms with Crippen LogP contribution >= 0.6 is 0 Å². The molecule has 0 saturated heterocycles. The molecule has 3 nitrogen and oxygen atoms in total. The summed E-state index contributed by atoms with van der Waals surface area (Å²) in [6, 6.07) is 6.87. The first-order valence-corrected chi connectivity index (χ1v) is 6.91. The number of anilines is 1. The average molecular weight is 243 g/mol.